The maximum absolute atomic E-state index is 13.9. The molecular formula is C26H26F3NO5. The van der Waals surface area contributed by atoms with Gasteiger partial charge in [-0.15, -0.1) is 0 Å². The highest BCUT2D eigenvalue weighted by Crippen LogP contribution is 2.60. The first-order valence-electron chi connectivity index (χ1n) is 11.9. The van der Waals surface area contributed by atoms with Crippen LogP contribution in [-0.4, -0.2) is 48.9 Å². The topological polar surface area (TPSA) is 68.2 Å². The third-order valence-electron chi connectivity index (χ3n) is 7.89. The van der Waals surface area contributed by atoms with Gasteiger partial charge < -0.3 is 19.3 Å². The summed E-state index contributed by atoms with van der Waals surface area (Å²) in [7, 11) is 0. The fourth-order valence-electron chi connectivity index (χ4n) is 5.93. The van der Waals surface area contributed by atoms with Crippen LogP contribution >= 0.6 is 0 Å². The Hall–Kier alpha value is -2.78. The van der Waals surface area contributed by atoms with Crippen molar-refractivity contribution < 1.29 is 37.3 Å². The molecule has 9 heteroatoms. The molecule has 2 fully saturated rings. The van der Waals surface area contributed by atoms with E-state index in [1.807, 2.05) is 17.0 Å². The van der Waals surface area contributed by atoms with Crippen molar-refractivity contribution in [2.24, 2.45) is 5.92 Å². The van der Waals surface area contributed by atoms with Crippen molar-refractivity contribution >= 4 is 5.97 Å². The molecule has 4 aliphatic rings. The normalized spacial score (nSPS) is 27.4. The Balaban J connectivity index is 1.26. The van der Waals surface area contributed by atoms with Crippen molar-refractivity contribution in [3.63, 3.8) is 0 Å². The predicted octanol–water partition coefficient (Wildman–Crippen LogP) is 4.34. The van der Waals surface area contributed by atoms with E-state index >= 15 is 0 Å². The van der Waals surface area contributed by atoms with Crippen LogP contribution in [0.4, 0.5) is 13.2 Å². The summed E-state index contributed by atoms with van der Waals surface area (Å²) < 4.78 is 59.0. The highest BCUT2D eigenvalue weighted by molar-refractivity contribution is 5.78. The van der Waals surface area contributed by atoms with Crippen LogP contribution in [0.2, 0.25) is 0 Å². The van der Waals surface area contributed by atoms with Gasteiger partial charge in [-0.3, -0.25) is 9.69 Å². The maximum Gasteiger partial charge on any atom is 0.416 e. The molecule has 1 N–H and O–H groups in total. The first-order valence-corrected chi connectivity index (χ1v) is 11.9. The summed E-state index contributed by atoms with van der Waals surface area (Å²) in [6.07, 6.45) is -3.08. The second-order valence-electron chi connectivity index (χ2n) is 9.89. The molecule has 186 valence electrons. The molecule has 2 unspecified atom stereocenters. The zero-order valence-corrected chi connectivity index (χ0v) is 19.1. The highest BCUT2D eigenvalue weighted by atomic mass is 19.4. The minimum absolute atomic E-state index is 0.244. The Bertz CT molecular complexity index is 1180. The lowest BCUT2D eigenvalue weighted by molar-refractivity contribution is -0.139. The van der Waals surface area contributed by atoms with E-state index in [1.165, 1.54) is 6.07 Å². The molecule has 6 rings (SSSR count). The zero-order chi connectivity index (χ0) is 24.4. The van der Waals surface area contributed by atoms with E-state index in [9.17, 15) is 23.1 Å². The van der Waals surface area contributed by atoms with Crippen LogP contribution in [0, 0.1) is 5.92 Å². The SMILES string of the molecule is O=C(O)C1CC12COc1cc(O[C@@H]3CCc4c3ccc(C(F)(F)F)c4CN3CCOCC3)ccc12. The molecule has 2 heterocycles. The van der Waals surface area contributed by atoms with Crippen molar-refractivity contribution in [2.45, 2.75) is 43.5 Å². The summed E-state index contributed by atoms with van der Waals surface area (Å²) >= 11 is 0. The Labute approximate surface area is 200 Å². The Morgan fingerprint density at radius 1 is 1.20 bits per heavy atom. The van der Waals surface area contributed by atoms with Gasteiger partial charge in [0.05, 0.1) is 31.3 Å². The molecule has 2 aromatic carbocycles. The fraction of sp³-hybridized carbons (Fsp3) is 0.500. The number of fused-ring (bicyclic) bond motifs is 3. The van der Waals surface area contributed by atoms with E-state index in [1.54, 1.807) is 12.1 Å². The lowest BCUT2D eigenvalue weighted by Gasteiger charge is -2.29. The van der Waals surface area contributed by atoms with Gasteiger partial charge in [-0.25, -0.2) is 0 Å². The number of aliphatic carboxylic acids is 1. The van der Waals surface area contributed by atoms with Gasteiger partial charge in [-0.1, -0.05) is 12.1 Å². The van der Waals surface area contributed by atoms with Gasteiger partial charge in [-0.05, 0) is 48.1 Å². The molecule has 0 bridgehead atoms. The van der Waals surface area contributed by atoms with Gasteiger partial charge in [0.1, 0.15) is 17.6 Å². The first-order chi connectivity index (χ1) is 16.8. The summed E-state index contributed by atoms with van der Waals surface area (Å²) in [5, 5.41) is 9.38. The predicted molar refractivity (Wildman–Crippen MR) is 119 cm³/mol. The van der Waals surface area contributed by atoms with E-state index in [-0.39, 0.29) is 12.6 Å². The molecule has 0 aromatic heterocycles. The zero-order valence-electron chi connectivity index (χ0n) is 19.1. The second kappa shape index (κ2) is 8.13. The standard InChI is InChI=1S/C26H26F3NO5/c27-26(28,29)19-5-2-17-16(18(19)13-30-7-9-33-10-8-30)3-6-22(17)35-15-1-4-20-23(11-15)34-14-25(20)12-21(25)24(31)32/h1-2,4-5,11,21-22H,3,6-10,12-14H2,(H,31,32)/t21?,22-,25?/m1/s1. The Kier molecular flexibility index (Phi) is 5.27. The van der Waals surface area contributed by atoms with Crippen molar-refractivity contribution in [3.8, 4) is 11.5 Å². The molecule has 0 radical (unpaired) electrons. The average molecular weight is 489 g/mol. The van der Waals surface area contributed by atoms with Gasteiger partial charge >= 0.3 is 12.1 Å². The lowest BCUT2D eigenvalue weighted by atomic mass is 9.95. The van der Waals surface area contributed by atoms with Crippen LogP contribution < -0.4 is 9.47 Å². The van der Waals surface area contributed by atoms with Crippen LogP contribution in [0.3, 0.4) is 0 Å². The minimum atomic E-state index is -4.42. The summed E-state index contributed by atoms with van der Waals surface area (Å²) in [5.74, 6) is -0.0360. The molecular weight excluding hydrogens is 463 g/mol. The molecule has 1 saturated carbocycles. The van der Waals surface area contributed by atoms with Crippen molar-refractivity contribution in [2.75, 3.05) is 32.9 Å². The van der Waals surface area contributed by atoms with Crippen LogP contribution in [0.15, 0.2) is 30.3 Å². The van der Waals surface area contributed by atoms with Gasteiger partial charge in [0.2, 0.25) is 0 Å². The lowest BCUT2D eigenvalue weighted by Crippen LogP contribution is -2.36. The Morgan fingerprint density at radius 2 is 2.00 bits per heavy atom. The molecule has 6 nitrogen and oxygen atoms in total. The van der Waals surface area contributed by atoms with Crippen molar-refractivity contribution in [1.82, 2.24) is 4.90 Å². The van der Waals surface area contributed by atoms with Gasteiger partial charge in [-0.2, -0.15) is 13.2 Å². The number of carboxylic acid groups (broad SMARTS) is 1. The fourth-order valence-corrected chi connectivity index (χ4v) is 5.93. The molecule has 2 aromatic rings. The second-order valence-corrected chi connectivity index (χ2v) is 9.89. The number of carboxylic acids is 1. The molecule has 1 saturated heterocycles. The molecule has 3 atom stereocenters. The molecule has 2 aliphatic heterocycles. The number of halogens is 3. The number of rotatable bonds is 5. The Morgan fingerprint density at radius 3 is 2.71 bits per heavy atom. The molecule has 35 heavy (non-hydrogen) atoms. The molecule has 0 amide bonds. The quantitative estimate of drug-likeness (QED) is 0.674. The van der Waals surface area contributed by atoms with Crippen LogP contribution in [0.1, 0.15) is 46.8 Å². The highest BCUT2D eigenvalue weighted by Gasteiger charge is 2.63. The summed E-state index contributed by atoms with van der Waals surface area (Å²) in [6, 6.07) is 8.19. The number of hydrogen-bond acceptors (Lipinski definition) is 5. The van der Waals surface area contributed by atoms with E-state index in [0.29, 0.717) is 69.2 Å². The van der Waals surface area contributed by atoms with Gasteiger partial charge in [0.25, 0.3) is 0 Å². The van der Waals surface area contributed by atoms with Gasteiger partial charge in [0, 0.05) is 36.7 Å². The van der Waals surface area contributed by atoms with Gasteiger partial charge in [0.15, 0.2) is 0 Å². The number of carbonyl (C=O) groups is 1. The number of morpholine rings is 1. The number of hydrogen-bond donors (Lipinski definition) is 1. The summed E-state index contributed by atoms with van der Waals surface area (Å²) in [5.41, 5.74) is 1.75. The van der Waals surface area contributed by atoms with Crippen molar-refractivity contribution in [1.29, 1.82) is 0 Å². The van der Waals surface area contributed by atoms with E-state index in [0.717, 1.165) is 16.7 Å². The average Bonchev–Trinajstić information content (AvgIpc) is 3.26. The minimum Gasteiger partial charge on any atom is -0.492 e. The van der Waals surface area contributed by atoms with E-state index in [2.05, 4.69) is 0 Å². The van der Waals surface area contributed by atoms with E-state index in [4.69, 9.17) is 14.2 Å². The molecule has 1 spiro atoms. The largest absolute Gasteiger partial charge is 0.492 e. The maximum atomic E-state index is 13.9. The monoisotopic (exact) mass is 489 g/mol. The number of benzene rings is 2. The third-order valence-corrected chi connectivity index (χ3v) is 7.89. The van der Waals surface area contributed by atoms with E-state index < -0.39 is 29.0 Å². The smallest absolute Gasteiger partial charge is 0.416 e. The summed E-state index contributed by atoms with van der Waals surface area (Å²) in [4.78, 5) is 13.4. The molecule has 2 aliphatic carbocycles. The van der Waals surface area contributed by atoms with Crippen LogP contribution in [-0.2, 0) is 34.1 Å². The van der Waals surface area contributed by atoms with Crippen molar-refractivity contribution in [3.05, 3.63) is 58.1 Å². The van der Waals surface area contributed by atoms with Crippen LogP contribution in [0.25, 0.3) is 0 Å². The third kappa shape index (κ3) is 3.85. The summed E-state index contributed by atoms with van der Waals surface area (Å²) in [6.45, 7) is 2.86. The number of nitrogens with zero attached hydrogens (tertiary/aromatic N) is 1. The number of ether oxygens (including phenoxy) is 3. The number of alkyl halides is 3. The first kappa shape index (κ1) is 22.7. The van der Waals surface area contributed by atoms with Crippen LogP contribution in [0.5, 0.6) is 11.5 Å².